The molecule has 3 nitrogen and oxygen atoms in total. The van der Waals surface area contributed by atoms with E-state index in [1.807, 2.05) is 0 Å². The van der Waals surface area contributed by atoms with Crippen molar-refractivity contribution in [3.8, 4) is 0 Å². The maximum atomic E-state index is 13.8. The first-order chi connectivity index (χ1) is 11.4. The Labute approximate surface area is 145 Å². The monoisotopic (exact) mass is 366 g/mol. The van der Waals surface area contributed by atoms with E-state index < -0.39 is 20.4 Å². The number of fused-ring (bicyclic) bond motifs is 1. The van der Waals surface area contributed by atoms with Gasteiger partial charge in [0.2, 0.25) is 0 Å². The van der Waals surface area contributed by atoms with Gasteiger partial charge in [0.15, 0.2) is 9.84 Å². The summed E-state index contributed by atoms with van der Waals surface area (Å²) in [6.07, 6.45) is 3.54. The third kappa shape index (κ3) is 2.62. The maximum Gasteiger partial charge on any atom is 0.191 e. The highest BCUT2D eigenvalue weighted by Crippen LogP contribution is 2.46. The van der Waals surface area contributed by atoms with Crippen LogP contribution in [0.5, 0.6) is 0 Å². The lowest BCUT2D eigenvalue weighted by atomic mass is 9.82. The highest BCUT2D eigenvalue weighted by Gasteiger charge is 2.47. The molecule has 0 aliphatic heterocycles. The Morgan fingerprint density at radius 3 is 2.54 bits per heavy atom. The van der Waals surface area contributed by atoms with Crippen LogP contribution in [0.15, 0.2) is 59.7 Å². The van der Waals surface area contributed by atoms with Crippen LogP contribution in [0.3, 0.4) is 0 Å². The molecule has 1 N–H and O–H groups in total. The molecule has 0 saturated carbocycles. The van der Waals surface area contributed by atoms with Gasteiger partial charge in [-0.1, -0.05) is 17.7 Å². The van der Waals surface area contributed by atoms with Crippen molar-refractivity contribution in [2.24, 2.45) is 0 Å². The van der Waals surface area contributed by atoms with Gasteiger partial charge in [0.25, 0.3) is 0 Å². The van der Waals surface area contributed by atoms with Gasteiger partial charge in [0, 0.05) is 5.02 Å². The van der Waals surface area contributed by atoms with Crippen LogP contribution in [-0.2, 0) is 21.0 Å². The van der Waals surface area contributed by atoms with Crippen molar-refractivity contribution in [1.82, 2.24) is 0 Å². The number of aryl methyl sites for hydroxylation is 1. The molecule has 2 aromatic rings. The van der Waals surface area contributed by atoms with Crippen LogP contribution in [0.2, 0.25) is 5.02 Å². The van der Waals surface area contributed by atoms with Crippen molar-refractivity contribution in [2.75, 3.05) is 0 Å². The van der Waals surface area contributed by atoms with E-state index in [0.29, 0.717) is 23.4 Å². The summed E-state index contributed by atoms with van der Waals surface area (Å²) < 4.78 is 39.0. The van der Waals surface area contributed by atoms with Gasteiger partial charge in [-0.3, -0.25) is 0 Å². The summed E-state index contributed by atoms with van der Waals surface area (Å²) in [4.78, 5) is 0.0853. The molecule has 1 atom stereocenters. The largest absolute Gasteiger partial charge is 0.516 e. The van der Waals surface area contributed by atoms with Gasteiger partial charge in [-0.25, -0.2) is 12.8 Å². The fraction of sp³-hybridized carbons (Fsp3) is 0.222. The molecule has 0 bridgehead atoms. The molecule has 1 unspecified atom stereocenters. The Morgan fingerprint density at radius 1 is 1.17 bits per heavy atom. The van der Waals surface area contributed by atoms with Crippen molar-refractivity contribution >= 4 is 21.4 Å². The first-order valence-electron chi connectivity index (χ1n) is 7.52. The molecule has 0 saturated heterocycles. The third-order valence-corrected chi connectivity index (χ3v) is 7.13. The molecule has 2 aromatic carbocycles. The quantitative estimate of drug-likeness (QED) is 0.810. The Kier molecular flexibility index (Phi) is 4.40. The first-order valence-corrected chi connectivity index (χ1v) is 9.38. The van der Waals surface area contributed by atoms with Gasteiger partial charge in [0.05, 0.1) is 11.2 Å². The van der Waals surface area contributed by atoms with Crippen molar-refractivity contribution in [2.45, 2.75) is 28.9 Å². The Hall–Kier alpha value is -1.85. The summed E-state index contributed by atoms with van der Waals surface area (Å²) in [6.45, 7) is 0. The zero-order valence-electron chi connectivity index (χ0n) is 12.7. The molecule has 0 fully saturated rings. The number of sulfone groups is 1. The summed E-state index contributed by atoms with van der Waals surface area (Å²) in [5, 5.41) is 9.80. The minimum atomic E-state index is -3.90. The molecule has 0 aromatic heterocycles. The second-order valence-electron chi connectivity index (χ2n) is 5.82. The van der Waals surface area contributed by atoms with Crippen LogP contribution in [0.4, 0.5) is 4.39 Å². The average molecular weight is 367 g/mol. The van der Waals surface area contributed by atoms with Crippen molar-refractivity contribution < 1.29 is 17.9 Å². The van der Waals surface area contributed by atoms with Crippen molar-refractivity contribution in [1.29, 1.82) is 0 Å². The van der Waals surface area contributed by atoms with Gasteiger partial charge in [0.1, 0.15) is 10.6 Å². The predicted octanol–water partition coefficient (Wildman–Crippen LogP) is 4.56. The van der Waals surface area contributed by atoms with Gasteiger partial charge >= 0.3 is 0 Å². The van der Waals surface area contributed by atoms with Crippen LogP contribution < -0.4 is 0 Å². The second kappa shape index (κ2) is 6.22. The molecule has 0 radical (unpaired) electrons. The molecule has 0 heterocycles. The van der Waals surface area contributed by atoms with Gasteiger partial charge in [-0.05, 0) is 72.9 Å². The summed E-state index contributed by atoms with van der Waals surface area (Å²) >= 11 is 5.85. The maximum absolute atomic E-state index is 13.8. The summed E-state index contributed by atoms with van der Waals surface area (Å²) in [7, 11) is -3.90. The van der Waals surface area contributed by atoms with E-state index in [2.05, 4.69) is 0 Å². The fourth-order valence-electron chi connectivity index (χ4n) is 3.32. The highest BCUT2D eigenvalue weighted by atomic mass is 35.5. The zero-order valence-corrected chi connectivity index (χ0v) is 14.3. The van der Waals surface area contributed by atoms with Crippen LogP contribution in [0.25, 0.3) is 0 Å². The van der Waals surface area contributed by atoms with Crippen LogP contribution >= 0.6 is 11.6 Å². The molecule has 0 amide bonds. The number of aliphatic hydroxyl groups excluding tert-OH is 1. The number of hydrogen-bond acceptors (Lipinski definition) is 3. The van der Waals surface area contributed by atoms with Crippen molar-refractivity contribution in [3.05, 3.63) is 76.8 Å². The topological polar surface area (TPSA) is 54.4 Å². The highest BCUT2D eigenvalue weighted by molar-refractivity contribution is 7.92. The first kappa shape index (κ1) is 17.0. The van der Waals surface area contributed by atoms with E-state index in [0.717, 1.165) is 11.8 Å². The molecule has 6 heteroatoms. The fourth-order valence-corrected chi connectivity index (χ4v) is 5.50. The molecular formula is C18H16ClFO3S. The number of halogens is 2. The molecular weight excluding hydrogens is 351 g/mol. The smallest absolute Gasteiger partial charge is 0.191 e. The van der Waals surface area contributed by atoms with E-state index in [9.17, 15) is 17.9 Å². The van der Waals surface area contributed by atoms with E-state index in [-0.39, 0.29) is 11.3 Å². The van der Waals surface area contributed by atoms with E-state index >= 15 is 0 Å². The molecule has 24 heavy (non-hydrogen) atoms. The minimum Gasteiger partial charge on any atom is -0.516 e. The lowest BCUT2D eigenvalue weighted by Crippen LogP contribution is -2.37. The van der Waals surface area contributed by atoms with Crippen LogP contribution in [0.1, 0.15) is 24.0 Å². The lowest BCUT2D eigenvalue weighted by molar-refractivity contribution is 0.453. The Morgan fingerprint density at radius 2 is 1.88 bits per heavy atom. The van der Waals surface area contributed by atoms with Crippen LogP contribution in [0, 0.1) is 5.82 Å². The summed E-state index contributed by atoms with van der Waals surface area (Å²) in [5.41, 5.74) is 1.16. The molecule has 3 rings (SSSR count). The molecule has 126 valence electrons. The zero-order chi connectivity index (χ0) is 17.4. The normalized spacial score (nSPS) is 20.9. The second-order valence-corrected chi connectivity index (χ2v) is 8.46. The van der Waals surface area contributed by atoms with Crippen molar-refractivity contribution in [3.63, 3.8) is 0 Å². The SMILES string of the molecule is O=S(=O)(c1ccc(Cl)cc1)C1(/C=C/O)CCCc2ccc(F)cc21. The van der Waals surface area contributed by atoms with E-state index in [1.165, 1.54) is 42.5 Å². The van der Waals surface area contributed by atoms with E-state index in [4.69, 9.17) is 11.6 Å². The number of rotatable bonds is 3. The molecule has 1 aliphatic carbocycles. The standard InChI is InChI=1S/C18H16ClFO3S/c19-14-4-7-16(8-5-14)24(22,23)18(10-11-21)9-1-2-13-3-6-15(20)12-17(13)18/h3-8,10-12,21H,1-2,9H2/b11-10+. The van der Waals surface area contributed by atoms with Crippen LogP contribution in [-0.4, -0.2) is 13.5 Å². The lowest BCUT2D eigenvalue weighted by Gasteiger charge is -2.36. The summed E-state index contributed by atoms with van der Waals surface area (Å²) in [6, 6.07) is 10.0. The minimum absolute atomic E-state index is 0.0853. The average Bonchev–Trinajstić information content (AvgIpc) is 2.56. The number of hydrogen-bond donors (Lipinski definition) is 1. The van der Waals surface area contributed by atoms with Gasteiger partial charge in [-0.15, -0.1) is 0 Å². The number of aliphatic hydroxyl groups is 1. The van der Waals surface area contributed by atoms with Gasteiger partial charge < -0.3 is 5.11 Å². The molecule has 1 aliphatic rings. The summed E-state index contributed by atoms with van der Waals surface area (Å²) in [5.74, 6) is -0.502. The number of benzene rings is 2. The Balaban J connectivity index is 2.28. The predicted molar refractivity (Wildman–Crippen MR) is 91.4 cm³/mol. The van der Waals surface area contributed by atoms with E-state index in [1.54, 1.807) is 6.07 Å². The Bertz CT molecular complexity index is 891. The third-order valence-electron chi connectivity index (χ3n) is 4.47. The van der Waals surface area contributed by atoms with Gasteiger partial charge in [-0.2, -0.15) is 0 Å². The molecule has 0 spiro atoms.